The number of anilines is 1. The number of aryl methyl sites for hydroxylation is 1. The van der Waals surface area contributed by atoms with Gasteiger partial charge in [0.15, 0.2) is 5.65 Å². The monoisotopic (exact) mass is 394 g/mol. The van der Waals surface area contributed by atoms with Crippen molar-refractivity contribution in [3.63, 3.8) is 0 Å². The molecule has 29 heavy (non-hydrogen) atoms. The predicted octanol–water partition coefficient (Wildman–Crippen LogP) is 1.34. The van der Waals surface area contributed by atoms with Crippen LogP contribution in [0.3, 0.4) is 0 Å². The van der Waals surface area contributed by atoms with Crippen molar-refractivity contribution in [1.29, 1.82) is 0 Å². The Morgan fingerprint density at radius 3 is 2.90 bits per heavy atom. The van der Waals surface area contributed by atoms with Crippen LogP contribution in [-0.4, -0.2) is 45.9 Å². The Bertz CT molecular complexity index is 1010. The van der Waals surface area contributed by atoms with Crippen LogP contribution in [0.2, 0.25) is 0 Å². The number of fused-ring (bicyclic) bond motifs is 1. The van der Waals surface area contributed by atoms with E-state index in [1.165, 1.54) is 0 Å². The van der Waals surface area contributed by atoms with Crippen molar-refractivity contribution in [2.75, 3.05) is 25.5 Å². The fourth-order valence-corrected chi connectivity index (χ4v) is 3.93. The smallest absolute Gasteiger partial charge is 0.218 e. The maximum absolute atomic E-state index is 5.46. The third kappa shape index (κ3) is 3.64. The number of rotatable bonds is 6. The lowest BCUT2D eigenvalue weighted by atomic mass is 10.0. The number of pyridine rings is 1. The van der Waals surface area contributed by atoms with E-state index in [1.807, 2.05) is 19.1 Å². The van der Waals surface area contributed by atoms with Gasteiger partial charge in [-0.3, -0.25) is 0 Å². The van der Waals surface area contributed by atoms with Gasteiger partial charge in [-0.1, -0.05) is 6.07 Å². The molecule has 3 aromatic rings. The molecule has 2 atom stereocenters. The van der Waals surface area contributed by atoms with Crippen LogP contribution in [-0.2, 0) is 6.54 Å². The first-order chi connectivity index (χ1) is 14.2. The number of hydrogen-bond acceptors (Lipinski definition) is 8. The minimum atomic E-state index is 0.0250. The van der Waals surface area contributed by atoms with Crippen molar-refractivity contribution in [3.05, 3.63) is 41.9 Å². The highest BCUT2D eigenvalue weighted by molar-refractivity contribution is 5.72. The molecule has 2 aliphatic rings. The molecule has 0 radical (unpaired) electrons. The predicted molar refractivity (Wildman–Crippen MR) is 110 cm³/mol. The largest absolute Gasteiger partial charge is 0.481 e. The van der Waals surface area contributed by atoms with Crippen molar-refractivity contribution >= 4 is 17.0 Å². The summed E-state index contributed by atoms with van der Waals surface area (Å²) in [7, 11) is 1.66. The molecule has 2 unspecified atom stereocenters. The third-order valence-corrected chi connectivity index (χ3v) is 5.61. The van der Waals surface area contributed by atoms with Gasteiger partial charge < -0.3 is 19.9 Å². The summed E-state index contributed by atoms with van der Waals surface area (Å²) in [6, 6.07) is 6.20. The Balaban J connectivity index is 1.29. The average molecular weight is 394 g/mol. The summed E-state index contributed by atoms with van der Waals surface area (Å²) in [5, 5.41) is 6.77. The van der Waals surface area contributed by atoms with Crippen LogP contribution >= 0.6 is 0 Å². The molecule has 0 amide bonds. The summed E-state index contributed by atoms with van der Waals surface area (Å²) < 4.78 is 7.66. The molecule has 0 aliphatic carbocycles. The zero-order valence-electron chi connectivity index (χ0n) is 16.6. The highest BCUT2D eigenvalue weighted by Crippen LogP contribution is 2.29. The second-order valence-corrected chi connectivity index (χ2v) is 7.78. The molecule has 0 bridgehead atoms. The molecule has 5 heterocycles. The normalized spacial score (nSPS) is 22.0. The fraction of sp³-hybridized carbons (Fsp3) is 0.450. The van der Waals surface area contributed by atoms with Crippen molar-refractivity contribution in [1.82, 2.24) is 35.7 Å². The average Bonchev–Trinajstić information content (AvgIpc) is 3.31. The molecule has 9 heteroatoms. The molecule has 2 saturated heterocycles. The van der Waals surface area contributed by atoms with E-state index in [1.54, 1.807) is 13.3 Å². The molecule has 2 fully saturated rings. The Morgan fingerprint density at radius 1 is 1.21 bits per heavy atom. The SMILES string of the molecule is COc1nc(C)ccc1C1CC(Nc2cnc3ccn(CC4CNC4)c3n2)NN1. The Hall–Kier alpha value is -2.75. The second-order valence-electron chi connectivity index (χ2n) is 7.78. The highest BCUT2D eigenvalue weighted by atomic mass is 16.5. The number of ether oxygens (including phenoxy) is 1. The van der Waals surface area contributed by atoms with Gasteiger partial charge in [0, 0.05) is 49.4 Å². The number of nitrogens with zero attached hydrogens (tertiary/aromatic N) is 4. The minimum absolute atomic E-state index is 0.0250. The Labute approximate surface area is 169 Å². The molecular formula is C20H26N8O. The lowest BCUT2D eigenvalue weighted by Crippen LogP contribution is -2.44. The van der Waals surface area contributed by atoms with Gasteiger partial charge in [0.05, 0.1) is 25.5 Å². The molecule has 0 saturated carbocycles. The van der Waals surface area contributed by atoms with Gasteiger partial charge in [0.25, 0.3) is 0 Å². The maximum Gasteiger partial charge on any atom is 0.218 e. The second kappa shape index (κ2) is 7.58. The molecule has 9 nitrogen and oxygen atoms in total. The maximum atomic E-state index is 5.46. The zero-order chi connectivity index (χ0) is 19.8. The molecule has 152 valence electrons. The van der Waals surface area contributed by atoms with Gasteiger partial charge in [-0.05, 0) is 19.1 Å². The molecule has 5 rings (SSSR count). The summed E-state index contributed by atoms with van der Waals surface area (Å²) in [5.41, 5.74) is 10.5. The van der Waals surface area contributed by atoms with Crippen LogP contribution in [0.25, 0.3) is 11.2 Å². The van der Waals surface area contributed by atoms with Gasteiger partial charge in [-0.25, -0.2) is 25.8 Å². The zero-order valence-corrected chi connectivity index (χ0v) is 16.6. The Morgan fingerprint density at radius 2 is 2.10 bits per heavy atom. The lowest BCUT2D eigenvalue weighted by Gasteiger charge is -2.27. The van der Waals surface area contributed by atoms with Crippen LogP contribution in [0.5, 0.6) is 5.88 Å². The highest BCUT2D eigenvalue weighted by Gasteiger charge is 2.28. The third-order valence-electron chi connectivity index (χ3n) is 5.61. The van der Waals surface area contributed by atoms with E-state index < -0.39 is 0 Å². The van der Waals surface area contributed by atoms with Gasteiger partial charge in [0.2, 0.25) is 5.88 Å². The van der Waals surface area contributed by atoms with E-state index in [4.69, 9.17) is 9.72 Å². The fourth-order valence-electron chi connectivity index (χ4n) is 3.93. The van der Waals surface area contributed by atoms with E-state index in [0.29, 0.717) is 11.8 Å². The summed E-state index contributed by atoms with van der Waals surface area (Å²) in [6.07, 6.45) is 4.72. The number of aromatic nitrogens is 4. The molecule has 0 spiro atoms. The summed E-state index contributed by atoms with van der Waals surface area (Å²) in [5.74, 6) is 2.09. The standard InChI is InChI=1S/C20H26N8O/c1-12-3-4-14(20(23-12)29-2)16-7-17(27-26-16)24-18-10-22-15-5-6-28(19(15)25-18)11-13-8-21-9-13/h3-6,10,13,16-17,21,26-27H,7-9,11H2,1-2H3,(H,24,25). The molecule has 2 aliphatic heterocycles. The van der Waals surface area contributed by atoms with Crippen molar-refractivity contribution < 1.29 is 4.74 Å². The quantitative estimate of drug-likeness (QED) is 0.497. The van der Waals surface area contributed by atoms with Crippen LogP contribution < -0.4 is 26.2 Å². The lowest BCUT2D eigenvalue weighted by molar-refractivity contribution is 0.310. The van der Waals surface area contributed by atoms with E-state index in [2.05, 4.69) is 48.3 Å². The van der Waals surface area contributed by atoms with Crippen molar-refractivity contribution in [2.24, 2.45) is 5.92 Å². The number of methoxy groups -OCH3 is 1. The first kappa shape index (κ1) is 18.3. The van der Waals surface area contributed by atoms with Gasteiger partial charge in [-0.2, -0.15) is 0 Å². The topological polar surface area (TPSA) is 101 Å². The van der Waals surface area contributed by atoms with Crippen LogP contribution in [0.1, 0.15) is 23.7 Å². The van der Waals surface area contributed by atoms with Crippen LogP contribution in [0.4, 0.5) is 5.82 Å². The first-order valence-corrected chi connectivity index (χ1v) is 10.0. The number of hydrogen-bond donors (Lipinski definition) is 4. The summed E-state index contributed by atoms with van der Waals surface area (Å²) >= 11 is 0. The summed E-state index contributed by atoms with van der Waals surface area (Å²) in [4.78, 5) is 13.9. The van der Waals surface area contributed by atoms with Crippen molar-refractivity contribution in [3.8, 4) is 5.88 Å². The molecule has 0 aromatic carbocycles. The van der Waals surface area contributed by atoms with Crippen LogP contribution in [0.15, 0.2) is 30.6 Å². The summed E-state index contributed by atoms with van der Waals surface area (Å²) in [6.45, 7) is 5.08. The van der Waals surface area contributed by atoms with E-state index in [-0.39, 0.29) is 12.2 Å². The van der Waals surface area contributed by atoms with Crippen LogP contribution in [0, 0.1) is 12.8 Å². The minimum Gasteiger partial charge on any atom is -0.481 e. The van der Waals surface area contributed by atoms with Gasteiger partial charge >= 0.3 is 0 Å². The molecule has 3 aromatic heterocycles. The first-order valence-electron chi connectivity index (χ1n) is 10.0. The number of nitrogens with one attached hydrogen (secondary N) is 4. The van der Waals surface area contributed by atoms with Crippen molar-refractivity contribution in [2.45, 2.75) is 32.1 Å². The van der Waals surface area contributed by atoms with Gasteiger partial charge in [0.1, 0.15) is 11.3 Å². The van der Waals surface area contributed by atoms with E-state index in [0.717, 1.165) is 54.3 Å². The van der Waals surface area contributed by atoms with Gasteiger partial charge in [-0.15, -0.1) is 0 Å². The molecule has 4 N–H and O–H groups in total. The van der Waals surface area contributed by atoms with E-state index in [9.17, 15) is 0 Å². The Kier molecular flexibility index (Phi) is 4.78. The van der Waals surface area contributed by atoms with E-state index >= 15 is 0 Å². The molecular weight excluding hydrogens is 368 g/mol. The number of hydrazine groups is 1.